The van der Waals surface area contributed by atoms with Crippen molar-refractivity contribution in [2.24, 2.45) is 5.73 Å². The van der Waals surface area contributed by atoms with Crippen LogP contribution in [-0.2, 0) is 12.3 Å². The molecule has 0 saturated heterocycles. The number of nitrogens with two attached hydrogens (primary N) is 1. The van der Waals surface area contributed by atoms with Crippen molar-refractivity contribution in [1.82, 2.24) is 0 Å². The first-order valence-electron chi connectivity index (χ1n) is 6.00. The fourth-order valence-corrected chi connectivity index (χ4v) is 2.46. The highest BCUT2D eigenvalue weighted by Gasteiger charge is 2.07. The molecule has 1 aromatic heterocycles. The number of carbonyl (C=O) groups is 1. The van der Waals surface area contributed by atoms with Crippen molar-refractivity contribution in [3.8, 4) is 0 Å². The van der Waals surface area contributed by atoms with Crippen LogP contribution in [0.3, 0.4) is 0 Å². The molecule has 20 heavy (non-hydrogen) atoms. The summed E-state index contributed by atoms with van der Waals surface area (Å²) in [7, 11) is 0. The predicted molar refractivity (Wildman–Crippen MR) is 83.2 cm³/mol. The lowest BCUT2D eigenvalue weighted by Crippen LogP contribution is -2.11. The van der Waals surface area contributed by atoms with Gasteiger partial charge in [0.05, 0.1) is 22.9 Å². The van der Waals surface area contributed by atoms with Gasteiger partial charge >= 0.3 is 0 Å². The number of hydrogen-bond donors (Lipinski definition) is 2. The van der Waals surface area contributed by atoms with Gasteiger partial charge in [-0.1, -0.05) is 11.6 Å². The average Bonchev–Trinajstić information content (AvgIpc) is 2.84. The third-order valence-electron chi connectivity index (χ3n) is 2.71. The summed E-state index contributed by atoms with van der Waals surface area (Å²) in [6.07, 6.45) is 2.03. The number of nitrogens with one attached hydrogen (secondary N) is 1. The van der Waals surface area contributed by atoms with Crippen LogP contribution >= 0.6 is 23.4 Å². The highest BCUT2D eigenvalue weighted by molar-refractivity contribution is 7.97. The molecule has 0 aliphatic rings. The molecule has 0 aliphatic heterocycles. The topological polar surface area (TPSA) is 68.3 Å². The van der Waals surface area contributed by atoms with Crippen LogP contribution in [0.1, 0.15) is 21.9 Å². The monoisotopic (exact) mass is 310 g/mol. The number of primary amides is 1. The molecule has 0 radical (unpaired) electrons. The SMILES string of the molecule is CSCc1ccc(CNc2ccc(C(N)=O)c(Cl)c2)o1. The van der Waals surface area contributed by atoms with Gasteiger partial charge in [0.15, 0.2) is 0 Å². The van der Waals surface area contributed by atoms with Gasteiger partial charge in [0, 0.05) is 5.69 Å². The Balaban J connectivity index is 1.99. The van der Waals surface area contributed by atoms with E-state index in [4.69, 9.17) is 21.8 Å². The maximum atomic E-state index is 11.1. The van der Waals surface area contributed by atoms with Crippen molar-refractivity contribution in [3.05, 3.63) is 52.4 Å². The zero-order chi connectivity index (χ0) is 14.5. The van der Waals surface area contributed by atoms with Crippen molar-refractivity contribution >= 4 is 35.0 Å². The molecule has 1 heterocycles. The summed E-state index contributed by atoms with van der Waals surface area (Å²) in [6, 6.07) is 8.95. The number of amides is 1. The van der Waals surface area contributed by atoms with Crippen LogP contribution in [0.25, 0.3) is 0 Å². The molecule has 0 saturated carbocycles. The molecule has 6 heteroatoms. The summed E-state index contributed by atoms with van der Waals surface area (Å²) in [5.41, 5.74) is 6.33. The van der Waals surface area contributed by atoms with Gasteiger partial charge in [0.25, 0.3) is 0 Å². The van der Waals surface area contributed by atoms with Crippen LogP contribution in [0.2, 0.25) is 5.02 Å². The van der Waals surface area contributed by atoms with Gasteiger partial charge in [-0.05, 0) is 36.6 Å². The highest BCUT2D eigenvalue weighted by Crippen LogP contribution is 2.21. The predicted octanol–water partition coefficient (Wildman–Crippen LogP) is 3.51. The normalized spacial score (nSPS) is 10.5. The van der Waals surface area contributed by atoms with E-state index in [0.29, 0.717) is 17.1 Å². The zero-order valence-corrected chi connectivity index (χ0v) is 12.6. The van der Waals surface area contributed by atoms with Crippen LogP contribution in [0.5, 0.6) is 0 Å². The second-order valence-electron chi connectivity index (χ2n) is 4.21. The molecule has 0 aliphatic carbocycles. The van der Waals surface area contributed by atoms with Crippen LogP contribution in [0.4, 0.5) is 5.69 Å². The van der Waals surface area contributed by atoms with Gasteiger partial charge in [0.2, 0.25) is 5.91 Å². The van der Waals surface area contributed by atoms with Gasteiger partial charge in [-0.3, -0.25) is 4.79 Å². The van der Waals surface area contributed by atoms with E-state index in [1.165, 1.54) is 0 Å². The standard InChI is InChI=1S/C14H15ClN2O2S/c1-20-8-11-4-3-10(19-11)7-17-9-2-5-12(14(16)18)13(15)6-9/h2-6,17H,7-8H2,1H3,(H2,16,18). The van der Waals surface area contributed by atoms with Gasteiger partial charge < -0.3 is 15.5 Å². The summed E-state index contributed by atoms with van der Waals surface area (Å²) in [5, 5.41) is 3.52. The Morgan fingerprint density at radius 3 is 2.75 bits per heavy atom. The van der Waals surface area contributed by atoms with Crippen molar-refractivity contribution < 1.29 is 9.21 Å². The summed E-state index contributed by atoms with van der Waals surface area (Å²) < 4.78 is 5.65. The van der Waals surface area contributed by atoms with E-state index in [2.05, 4.69) is 5.32 Å². The van der Waals surface area contributed by atoms with E-state index >= 15 is 0 Å². The minimum absolute atomic E-state index is 0.317. The number of thioether (sulfide) groups is 1. The van der Waals surface area contributed by atoms with Gasteiger partial charge in [-0.2, -0.15) is 11.8 Å². The maximum Gasteiger partial charge on any atom is 0.250 e. The van der Waals surface area contributed by atoms with E-state index in [-0.39, 0.29) is 0 Å². The van der Waals surface area contributed by atoms with Crippen molar-refractivity contribution in [1.29, 1.82) is 0 Å². The number of benzene rings is 1. The summed E-state index contributed by atoms with van der Waals surface area (Å²) >= 11 is 7.70. The lowest BCUT2D eigenvalue weighted by Gasteiger charge is -2.07. The third kappa shape index (κ3) is 3.71. The minimum Gasteiger partial charge on any atom is -0.463 e. The quantitative estimate of drug-likeness (QED) is 0.856. The number of furan rings is 1. The number of anilines is 1. The van der Waals surface area contributed by atoms with Crippen molar-refractivity contribution in [2.45, 2.75) is 12.3 Å². The molecular formula is C14H15ClN2O2S. The summed E-state index contributed by atoms with van der Waals surface area (Å²) in [5.74, 6) is 2.13. The van der Waals surface area contributed by atoms with Crippen LogP contribution in [-0.4, -0.2) is 12.2 Å². The number of halogens is 1. The molecule has 0 fully saturated rings. The Morgan fingerprint density at radius 1 is 1.35 bits per heavy atom. The molecule has 2 aromatic rings. The van der Waals surface area contributed by atoms with Gasteiger partial charge in [-0.25, -0.2) is 0 Å². The average molecular weight is 311 g/mol. The molecule has 4 nitrogen and oxygen atoms in total. The molecule has 3 N–H and O–H groups in total. The Labute approximate surface area is 126 Å². The molecule has 0 atom stereocenters. The largest absolute Gasteiger partial charge is 0.463 e. The van der Waals surface area contributed by atoms with E-state index in [0.717, 1.165) is 23.0 Å². The summed E-state index contributed by atoms with van der Waals surface area (Å²) in [4.78, 5) is 11.1. The smallest absolute Gasteiger partial charge is 0.250 e. The first-order valence-corrected chi connectivity index (χ1v) is 7.77. The Morgan fingerprint density at radius 2 is 2.10 bits per heavy atom. The first kappa shape index (κ1) is 14.8. The molecule has 2 rings (SSSR count). The number of carbonyl (C=O) groups excluding carboxylic acids is 1. The molecule has 0 spiro atoms. The number of rotatable bonds is 6. The molecule has 106 valence electrons. The number of hydrogen-bond acceptors (Lipinski definition) is 4. The van der Waals surface area contributed by atoms with Crippen LogP contribution < -0.4 is 11.1 Å². The zero-order valence-electron chi connectivity index (χ0n) is 11.0. The lowest BCUT2D eigenvalue weighted by atomic mass is 10.2. The second-order valence-corrected chi connectivity index (χ2v) is 5.49. The Bertz CT molecular complexity index is 613. The van der Waals surface area contributed by atoms with Gasteiger partial charge in [0.1, 0.15) is 11.5 Å². The third-order valence-corrected chi connectivity index (χ3v) is 3.59. The Kier molecular flexibility index (Phi) is 4.98. The summed E-state index contributed by atoms with van der Waals surface area (Å²) in [6.45, 7) is 0.556. The molecular weight excluding hydrogens is 296 g/mol. The Hall–Kier alpha value is -1.59. The van der Waals surface area contributed by atoms with E-state index in [1.54, 1.807) is 30.0 Å². The second kappa shape index (κ2) is 6.72. The fraction of sp³-hybridized carbons (Fsp3) is 0.214. The molecule has 1 amide bonds. The van der Waals surface area contributed by atoms with Crippen LogP contribution in [0, 0.1) is 0 Å². The van der Waals surface area contributed by atoms with E-state index in [9.17, 15) is 4.79 Å². The lowest BCUT2D eigenvalue weighted by molar-refractivity contribution is 0.100. The minimum atomic E-state index is -0.533. The highest BCUT2D eigenvalue weighted by atomic mass is 35.5. The fourth-order valence-electron chi connectivity index (χ4n) is 1.75. The first-order chi connectivity index (χ1) is 9.60. The molecule has 0 bridgehead atoms. The maximum absolute atomic E-state index is 11.1. The molecule has 1 aromatic carbocycles. The van der Waals surface area contributed by atoms with E-state index < -0.39 is 5.91 Å². The van der Waals surface area contributed by atoms with E-state index in [1.807, 2.05) is 18.4 Å². The molecule has 0 unspecified atom stereocenters. The van der Waals surface area contributed by atoms with Crippen molar-refractivity contribution in [2.75, 3.05) is 11.6 Å². The van der Waals surface area contributed by atoms with Gasteiger partial charge in [-0.15, -0.1) is 0 Å². The van der Waals surface area contributed by atoms with Crippen molar-refractivity contribution in [3.63, 3.8) is 0 Å². The van der Waals surface area contributed by atoms with Crippen LogP contribution in [0.15, 0.2) is 34.7 Å².